The quantitative estimate of drug-likeness (QED) is 0.662. The van der Waals surface area contributed by atoms with Crippen molar-refractivity contribution < 1.29 is 13.2 Å². The van der Waals surface area contributed by atoms with E-state index in [2.05, 4.69) is 16.8 Å². The van der Waals surface area contributed by atoms with Crippen LogP contribution in [0, 0.1) is 0 Å². The van der Waals surface area contributed by atoms with E-state index >= 15 is 0 Å². The Morgan fingerprint density at radius 3 is 2.27 bits per heavy atom. The molecule has 1 aromatic heterocycles. The molecule has 0 bridgehead atoms. The summed E-state index contributed by atoms with van der Waals surface area (Å²) in [5, 5.41) is 5.40. The third kappa shape index (κ3) is 1.76. The van der Waals surface area contributed by atoms with Crippen LogP contribution in [0.15, 0.2) is 6.58 Å². The maximum absolute atomic E-state index is 11.8. The summed E-state index contributed by atoms with van der Waals surface area (Å²) in [4.78, 5) is 0. The first-order valence-electron chi connectivity index (χ1n) is 2.57. The Hall–Kier alpha value is -0.910. The summed E-state index contributed by atoms with van der Waals surface area (Å²) < 4.78 is 35.4. The van der Waals surface area contributed by atoms with Crippen LogP contribution in [0.4, 0.5) is 13.2 Å². The maximum atomic E-state index is 11.8. The SMILES string of the molecule is C=Cc1nnc(C(F)(F)F)s1. The Bertz CT molecular complexity index is 265. The number of hydrogen-bond acceptors (Lipinski definition) is 3. The zero-order valence-electron chi connectivity index (χ0n) is 5.22. The molecule has 60 valence electrons. The van der Waals surface area contributed by atoms with Crippen molar-refractivity contribution in [3.05, 3.63) is 16.6 Å². The van der Waals surface area contributed by atoms with E-state index in [1.165, 1.54) is 6.08 Å². The van der Waals surface area contributed by atoms with Gasteiger partial charge in [-0.25, -0.2) is 0 Å². The van der Waals surface area contributed by atoms with Crippen molar-refractivity contribution in [3.8, 4) is 0 Å². The van der Waals surface area contributed by atoms with Gasteiger partial charge in [0.25, 0.3) is 0 Å². The molecule has 0 aromatic carbocycles. The molecule has 1 rings (SSSR count). The molecule has 0 saturated carbocycles. The van der Waals surface area contributed by atoms with Gasteiger partial charge in [-0.2, -0.15) is 13.2 Å². The van der Waals surface area contributed by atoms with Crippen molar-refractivity contribution in [2.45, 2.75) is 6.18 Å². The van der Waals surface area contributed by atoms with E-state index in [1.807, 2.05) is 0 Å². The van der Waals surface area contributed by atoms with Crippen molar-refractivity contribution >= 4 is 17.4 Å². The molecule has 0 unspecified atom stereocenters. The van der Waals surface area contributed by atoms with Crippen molar-refractivity contribution in [1.29, 1.82) is 0 Å². The minimum Gasteiger partial charge on any atom is -0.164 e. The van der Waals surface area contributed by atoms with Gasteiger partial charge in [-0.15, -0.1) is 10.2 Å². The van der Waals surface area contributed by atoms with Crippen LogP contribution >= 0.6 is 11.3 Å². The molecule has 2 nitrogen and oxygen atoms in total. The Labute approximate surface area is 64.4 Å². The lowest BCUT2D eigenvalue weighted by molar-refractivity contribution is -0.138. The first kappa shape index (κ1) is 8.19. The van der Waals surface area contributed by atoms with Crippen LogP contribution in [0.25, 0.3) is 6.08 Å². The second-order valence-electron chi connectivity index (χ2n) is 1.65. The van der Waals surface area contributed by atoms with E-state index in [-0.39, 0.29) is 5.01 Å². The highest BCUT2D eigenvalue weighted by Crippen LogP contribution is 2.31. The highest BCUT2D eigenvalue weighted by atomic mass is 32.1. The average molecular weight is 180 g/mol. The lowest BCUT2D eigenvalue weighted by Gasteiger charge is -1.96. The van der Waals surface area contributed by atoms with Crippen LogP contribution in [0.2, 0.25) is 0 Å². The minimum atomic E-state index is -4.39. The van der Waals surface area contributed by atoms with E-state index < -0.39 is 11.2 Å². The van der Waals surface area contributed by atoms with Crippen molar-refractivity contribution in [2.24, 2.45) is 0 Å². The summed E-state index contributed by atoms with van der Waals surface area (Å²) in [5.74, 6) is 0. The normalized spacial score (nSPS) is 11.5. The van der Waals surface area contributed by atoms with Gasteiger partial charge in [0.05, 0.1) is 0 Å². The third-order valence-corrected chi connectivity index (χ3v) is 1.82. The summed E-state index contributed by atoms with van der Waals surface area (Å²) in [6.45, 7) is 3.27. The number of rotatable bonds is 1. The van der Waals surface area contributed by atoms with E-state index in [0.717, 1.165) is 0 Å². The molecule has 1 heterocycles. The second kappa shape index (κ2) is 2.61. The standard InChI is InChI=1S/C5H3F3N2S/c1-2-3-9-10-4(11-3)5(6,7)8/h2H,1H2. The lowest BCUT2D eigenvalue weighted by Crippen LogP contribution is -2.03. The van der Waals surface area contributed by atoms with Gasteiger partial charge in [0.15, 0.2) is 0 Å². The molecular weight excluding hydrogens is 177 g/mol. The summed E-state index contributed by atoms with van der Waals surface area (Å²) in [6, 6.07) is 0. The Morgan fingerprint density at radius 1 is 1.36 bits per heavy atom. The molecule has 0 radical (unpaired) electrons. The summed E-state index contributed by atoms with van der Waals surface area (Å²) in [7, 11) is 0. The van der Waals surface area contributed by atoms with Gasteiger partial charge in [-0.1, -0.05) is 17.9 Å². The molecular formula is C5H3F3N2S. The van der Waals surface area contributed by atoms with Gasteiger partial charge in [-0.3, -0.25) is 0 Å². The summed E-state index contributed by atoms with van der Waals surface area (Å²) >= 11 is 0.475. The van der Waals surface area contributed by atoms with Crippen LogP contribution < -0.4 is 0 Å². The molecule has 0 amide bonds. The largest absolute Gasteiger partial charge is 0.445 e. The number of hydrogen-bond donors (Lipinski definition) is 0. The maximum Gasteiger partial charge on any atom is 0.445 e. The molecule has 0 saturated heterocycles. The fraction of sp³-hybridized carbons (Fsp3) is 0.200. The first-order valence-corrected chi connectivity index (χ1v) is 3.39. The van der Waals surface area contributed by atoms with Crippen molar-refractivity contribution in [2.75, 3.05) is 0 Å². The second-order valence-corrected chi connectivity index (χ2v) is 2.66. The molecule has 0 atom stereocenters. The molecule has 0 aliphatic heterocycles. The van der Waals surface area contributed by atoms with Crippen LogP contribution in [0.1, 0.15) is 10.0 Å². The molecule has 0 aliphatic rings. The number of alkyl halides is 3. The van der Waals surface area contributed by atoms with E-state index in [9.17, 15) is 13.2 Å². The number of halogens is 3. The predicted octanol–water partition coefficient (Wildman–Crippen LogP) is 2.20. The molecule has 0 fully saturated rings. The van der Waals surface area contributed by atoms with Gasteiger partial charge in [0.1, 0.15) is 5.01 Å². The van der Waals surface area contributed by atoms with Gasteiger partial charge < -0.3 is 0 Å². The first-order chi connectivity index (χ1) is 5.04. The number of nitrogens with zero attached hydrogens (tertiary/aromatic N) is 2. The van der Waals surface area contributed by atoms with Crippen LogP contribution in [-0.4, -0.2) is 10.2 Å². The minimum absolute atomic E-state index is 0.178. The third-order valence-electron chi connectivity index (χ3n) is 0.858. The molecule has 1 aromatic rings. The Kier molecular flexibility index (Phi) is 1.95. The van der Waals surface area contributed by atoms with E-state index in [4.69, 9.17) is 0 Å². The molecule has 0 spiro atoms. The van der Waals surface area contributed by atoms with Crippen LogP contribution in [0.3, 0.4) is 0 Å². The number of aromatic nitrogens is 2. The van der Waals surface area contributed by atoms with Gasteiger partial charge in [0.2, 0.25) is 5.01 Å². The van der Waals surface area contributed by atoms with Crippen molar-refractivity contribution in [1.82, 2.24) is 10.2 Å². The predicted molar refractivity (Wildman–Crippen MR) is 35.0 cm³/mol. The highest BCUT2D eigenvalue weighted by Gasteiger charge is 2.35. The smallest absolute Gasteiger partial charge is 0.164 e. The summed E-state index contributed by atoms with van der Waals surface area (Å²) in [6.07, 6.45) is -3.16. The average Bonchev–Trinajstić information content (AvgIpc) is 2.32. The highest BCUT2D eigenvalue weighted by molar-refractivity contribution is 7.12. The van der Waals surface area contributed by atoms with E-state index in [1.54, 1.807) is 0 Å². The zero-order chi connectivity index (χ0) is 8.48. The van der Waals surface area contributed by atoms with Crippen LogP contribution in [-0.2, 0) is 6.18 Å². The monoisotopic (exact) mass is 180 g/mol. The van der Waals surface area contributed by atoms with Gasteiger partial charge in [-0.05, 0) is 6.08 Å². The molecule has 0 aliphatic carbocycles. The zero-order valence-corrected chi connectivity index (χ0v) is 6.04. The van der Waals surface area contributed by atoms with Gasteiger partial charge >= 0.3 is 6.18 Å². The van der Waals surface area contributed by atoms with Crippen LogP contribution in [0.5, 0.6) is 0 Å². The van der Waals surface area contributed by atoms with E-state index in [0.29, 0.717) is 11.3 Å². The lowest BCUT2D eigenvalue weighted by atomic mass is 10.7. The molecule has 0 N–H and O–H groups in total. The topological polar surface area (TPSA) is 25.8 Å². The van der Waals surface area contributed by atoms with Gasteiger partial charge in [0, 0.05) is 0 Å². The molecule has 6 heteroatoms. The van der Waals surface area contributed by atoms with Crippen molar-refractivity contribution in [3.63, 3.8) is 0 Å². The fourth-order valence-electron chi connectivity index (χ4n) is 0.432. The summed E-state index contributed by atoms with van der Waals surface area (Å²) in [5.41, 5.74) is 0. The fourth-order valence-corrected chi connectivity index (χ4v) is 0.992. The Balaban J connectivity index is 2.98. The Morgan fingerprint density at radius 2 is 2.00 bits per heavy atom. The molecule has 11 heavy (non-hydrogen) atoms.